The monoisotopic (exact) mass is 327 g/mol. The van der Waals surface area contributed by atoms with E-state index >= 15 is 0 Å². The summed E-state index contributed by atoms with van der Waals surface area (Å²) in [6, 6.07) is 1.79. The van der Waals surface area contributed by atoms with Crippen LogP contribution in [0.1, 0.15) is 23.8 Å². The quantitative estimate of drug-likeness (QED) is 0.878. The molecule has 3 heterocycles. The topological polar surface area (TPSA) is 87.1 Å². The van der Waals surface area contributed by atoms with Gasteiger partial charge in [0.2, 0.25) is 5.95 Å². The van der Waals surface area contributed by atoms with Gasteiger partial charge < -0.3 is 15.1 Å². The van der Waals surface area contributed by atoms with Gasteiger partial charge in [-0.1, -0.05) is 6.92 Å². The van der Waals surface area contributed by atoms with Crippen LogP contribution in [0.3, 0.4) is 0 Å². The second-order valence-corrected chi connectivity index (χ2v) is 5.54. The summed E-state index contributed by atoms with van der Waals surface area (Å²) in [4.78, 5) is 33.4. The Balaban J connectivity index is 1.57. The molecule has 1 saturated heterocycles. The van der Waals surface area contributed by atoms with Crippen molar-refractivity contribution in [3.63, 3.8) is 0 Å². The van der Waals surface area contributed by atoms with Crippen molar-refractivity contribution >= 4 is 17.7 Å². The summed E-state index contributed by atoms with van der Waals surface area (Å²) in [6.45, 7) is 5.58. The van der Waals surface area contributed by atoms with Crippen LogP contribution in [0.4, 0.5) is 11.8 Å². The van der Waals surface area contributed by atoms with Crippen molar-refractivity contribution in [2.75, 3.05) is 42.9 Å². The van der Waals surface area contributed by atoms with Gasteiger partial charge in [0.25, 0.3) is 5.91 Å². The molecule has 8 heteroatoms. The molecular formula is C16H21N7O. The fourth-order valence-corrected chi connectivity index (χ4v) is 2.51. The number of carbonyl (C=O) groups excluding carboxylic acids is 1. The fourth-order valence-electron chi connectivity index (χ4n) is 2.51. The molecule has 1 N–H and O–H groups in total. The summed E-state index contributed by atoms with van der Waals surface area (Å²) in [5.41, 5.74) is 0.376. The maximum absolute atomic E-state index is 12.5. The molecule has 0 bridgehead atoms. The minimum Gasteiger partial charge on any atom is -0.369 e. The van der Waals surface area contributed by atoms with E-state index in [1.165, 1.54) is 6.20 Å². The average Bonchev–Trinajstić information content (AvgIpc) is 2.67. The number of nitrogens with zero attached hydrogens (tertiary/aromatic N) is 6. The predicted octanol–water partition coefficient (Wildman–Crippen LogP) is 1.05. The highest BCUT2D eigenvalue weighted by atomic mass is 16.2. The van der Waals surface area contributed by atoms with E-state index in [0.29, 0.717) is 43.6 Å². The molecule has 0 spiro atoms. The van der Waals surface area contributed by atoms with Crippen molar-refractivity contribution in [1.82, 2.24) is 24.8 Å². The number of nitrogens with one attached hydrogen (secondary N) is 1. The Kier molecular flexibility index (Phi) is 5.15. The Morgan fingerprint density at radius 3 is 2.46 bits per heavy atom. The number of aromatic nitrogens is 4. The third-order valence-corrected chi connectivity index (χ3v) is 3.83. The molecule has 126 valence electrons. The molecule has 2 aromatic rings. The van der Waals surface area contributed by atoms with E-state index in [-0.39, 0.29) is 5.91 Å². The first-order valence-electron chi connectivity index (χ1n) is 8.15. The van der Waals surface area contributed by atoms with Crippen molar-refractivity contribution in [2.45, 2.75) is 13.3 Å². The van der Waals surface area contributed by atoms with Gasteiger partial charge in [-0.2, -0.15) is 0 Å². The van der Waals surface area contributed by atoms with Crippen LogP contribution in [0, 0.1) is 0 Å². The number of carbonyl (C=O) groups is 1. The van der Waals surface area contributed by atoms with Crippen LogP contribution >= 0.6 is 0 Å². The maximum Gasteiger partial charge on any atom is 0.274 e. The molecule has 3 rings (SSSR count). The Morgan fingerprint density at radius 2 is 1.83 bits per heavy atom. The Hall–Kier alpha value is -2.77. The van der Waals surface area contributed by atoms with Crippen molar-refractivity contribution < 1.29 is 4.79 Å². The zero-order valence-electron chi connectivity index (χ0n) is 13.7. The molecule has 1 aliphatic heterocycles. The van der Waals surface area contributed by atoms with Crippen LogP contribution in [-0.2, 0) is 0 Å². The number of rotatable bonds is 5. The molecule has 24 heavy (non-hydrogen) atoms. The van der Waals surface area contributed by atoms with Crippen LogP contribution in [0.2, 0.25) is 0 Å². The molecule has 1 fully saturated rings. The van der Waals surface area contributed by atoms with Gasteiger partial charge in [-0.15, -0.1) is 0 Å². The minimum atomic E-state index is -0.0850. The summed E-state index contributed by atoms with van der Waals surface area (Å²) < 4.78 is 0. The summed E-state index contributed by atoms with van der Waals surface area (Å²) >= 11 is 0. The highest BCUT2D eigenvalue weighted by Crippen LogP contribution is 2.12. The highest BCUT2D eigenvalue weighted by Gasteiger charge is 2.24. The van der Waals surface area contributed by atoms with Gasteiger partial charge in [-0.25, -0.2) is 19.9 Å². The molecule has 0 aliphatic carbocycles. The number of hydrogen-bond donors (Lipinski definition) is 1. The normalized spacial score (nSPS) is 14.5. The van der Waals surface area contributed by atoms with Gasteiger partial charge in [-0.3, -0.25) is 4.79 Å². The van der Waals surface area contributed by atoms with Crippen LogP contribution in [0.5, 0.6) is 0 Å². The lowest BCUT2D eigenvalue weighted by atomic mass is 10.3. The largest absolute Gasteiger partial charge is 0.369 e. The molecule has 0 unspecified atom stereocenters. The van der Waals surface area contributed by atoms with E-state index in [4.69, 9.17) is 0 Å². The fraction of sp³-hybridized carbons (Fsp3) is 0.438. The van der Waals surface area contributed by atoms with Crippen molar-refractivity contribution in [2.24, 2.45) is 0 Å². The van der Waals surface area contributed by atoms with Gasteiger partial charge in [0, 0.05) is 45.1 Å². The molecule has 0 saturated carbocycles. The van der Waals surface area contributed by atoms with Gasteiger partial charge in [-0.05, 0) is 12.5 Å². The lowest BCUT2D eigenvalue weighted by Crippen LogP contribution is -2.49. The second kappa shape index (κ2) is 7.67. The van der Waals surface area contributed by atoms with Crippen molar-refractivity contribution in [3.8, 4) is 0 Å². The van der Waals surface area contributed by atoms with Crippen molar-refractivity contribution in [3.05, 3.63) is 36.5 Å². The highest BCUT2D eigenvalue weighted by molar-refractivity contribution is 5.92. The molecule has 0 aromatic carbocycles. The molecule has 0 radical (unpaired) electrons. The molecule has 1 aliphatic rings. The van der Waals surface area contributed by atoms with Crippen LogP contribution < -0.4 is 10.2 Å². The Morgan fingerprint density at radius 1 is 1.08 bits per heavy atom. The van der Waals surface area contributed by atoms with E-state index in [0.717, 1.165) is 13.0 Å². The summed E-state index contributed by atoms with van der Waals surface area (Å²) in [5, 5.41) is 3.14. The van der Waals surface area contributed by atoms with Gasteiger partial charge >= 0.3 is 0 Å². The third kappa shape index (κ3) is 3.76. The first kappa shape index (κ1) is 16.1. The zero-order valence-corrected chi connectivity index (χ0v) is 13.7. The van der Waals surface area contributed by atoms with Gasteiger partial charge in [0.05, 0.1) is 12.4 Å². The summed E-state index contributed by atoms with van der Waals surface area (Å²) in [6.07, 6.45) is 7.61. The smallest absolute Gasteiger partial charge is 0.274 e. The zero-order chi connectivity index (χ0) is 16.8. The first-order chi connectivity index (χ1) is 11.8. The van der Waals surface area contributed by atoms with Crippen LogP contribution in [0.25, 0.3) is 0 Å². The maximum atomic E-state index is 12.5. The lowest BCUT2D eigenvalue weighted by Gasteiger charge is -2.34. The Labute approximate surface area is 141 Å². The molecule has 1 amide bonds. The minimum absolute atomic E-state index is 0.0850. The standard InChI is InChI=1S/C16H21N7O/c1-2-4-17-14-12-20-13(11-21-14)15(24)22-7-9-23(10-8-22)16-18-5-3-6-19-16/h3,5-6,11-12H,2,4,7-10H2,1H3,(H,17,21). The van der Waals surface area contributed by atoms with Crippen LogP contribution in [-0.4, -0.2) is 63.5 Å². The predicted molar refractivity (Wildman–Crippen MR) is 91.0 cm³/mol. The van der Waals surface area contributed by atoms with Gasteiger partial charge in [0.1, 0.15) is 11.5 Å². The van der Waals surface area contributed by atoms with E-state index in [2.05, 4.69) is 37.1 Å². The average molecular weight is 327 g/mol. The molecular weight excluding hydrogens is 306 g/mol. The summed E-state index contributed by atoms with van der Waals surface area (Å²) in [7, 11) is 0. The van der Waals surface area contributed by atoms with E-state index in [9.17, 15) is 4.79 Å². The second-order valence-electron chi connectivity index (χ2n) is 5.54. The lowest BCUT2D eigenvalue weighted by molar-refractivity contribution is 0.0740. The van der Waals surface area contributed by atoms with Gasteiger partial charge in [0.15, 0.2) is 0 Å². The van der Waals surface area contributed by atoms with Crippen LogP contribution in [0.15, 0.2) is 30.9 Å². The van der Waals surface area contributed by atoms with Crippen molar-refractivity contribution in [1.29, 1.82) is 0 Å². The SMILES string of the molecule is CCCNc1cnc(C(=O)N2CCN(c3ncccn3)CC2)cn1. The van der Waals surface area contributed by atoms with E-state index < -0.39 is 0 Å². The third-order valence-electron chi connectivity index (χ3n) is 3.83. The molecule has 8 nitrogen and oxygen atoms in total. The number of piperazine rings is 1. The number of amides is 1. The number of hydrogen-bond acceptors (Lipinski definition) is 7. The van der Waals surface area contributed by atoms with E-state index in [1.807, 2.05) is 0 Å². The molecule has 0 atom stereocenters. The first-order valence-corrected chi connectivity index (χ1v) is 8.15. The number of anilines is 2. The Bertz CT molecular complexity index is 654. The summed E-state index contributed by atoms with van der Waals surface area (Å²) in [5.74, 6) is 1.31. The van der Waals surface area contributed by atoms with E-state index in [1.54, 1.807) is 29.6 Å². The molecule has 2 aromatic heterocycles.